The molecule has 5 heteroatoms. The monoisotopic (exact) mass is 119 g/mol. The Bertz CT molecular complexity index is 82.6. The Morgan fingerprint density at radius 2 is 2.25 bits per heavy atom. The van der Waals surface area contributed by atoms with Crippen LogP contribution in [0.25, 0.3) is 0 Å². The van der Waals surface area contributed by atoms with E-state index in [2.05, 4.69) is 10.1 Å². The third kappa shape index (κ3) is 3.38. The highest BCUT2D eigenvalue weighted by atomic mass is 16.5. The molecular weight excluding hydrogens is 110 g/mol. The second-order valence-corrected chi connectivity index (χ2v) is 1.16. The van der Waals surface area contributed by atoms with Gasteiger partial charge < -0.3 is 4.74 Å². The van der Waals surface area contributed by atoms with Crippen LogP contribution in [0.15, 0.2) is 0 Å². The van der Waals surface area contributed by atoms with Crippen molar-refractivity contribution in [2.45, 2.75) is 6.29 Å². The van der Waals surface area contributed by atoms with Crippen molar-refractivity contribution in [1.29, 1.82) is 0 Å². The topological polar surface area (TPSA) is 90.4 Å². The molecule has 0 rings (SSSR count). The molecule has 0 aliphatic heterocycles. The maximum Gasteiger partial charge on any atom is 0.409 e. The fraction of sp³-hybridized carbons (Fsp3) is 0.667. The van der Waals surface area contributed by atoms with Gasteiger partial charge in [-0.1, -0.05) is 0 Å². The van der Waals surface area contributed by atoms with Crippen molar-refractivity contribution >= 4 is 6.09 Å². The van der Waals surface area contributed by atoms with Crippen molar-refractivity contribution in [2.75, 3.05) is 7.11 Å². The van der Waals surface area contributed by atoms with Crippen LogP contribution in [0.3, 0.4) is 0 Å². The lowest BCUT2D eigenvalue weighted by Gasteiger charge is -2.04. The standard InChI is InChI=1S/C3H9N3O2/c1-8-3(7)6-2(4)5/h2H,4-5H2,1H3,(H,6,7). The highest BCUT2D eigenvalue weighted by Crippen LogP contribution is 1.66. The number of hydrogen-bond donors (Lipinski definition) is 3. The van der Waals surface area contributed by atoms with Crippen LogP contribution in [-0.4, -0.2) is 19.5 Å². The Balaban J connectivity index is 3.25. The van der Waals surface area contributed by atoms with E-state index in [0.29, 0.717) is 0 Å². The highest BCUT2D eigenvalue weighted by Gasteiger charge is 1.98. The largest absolute Gasteiger partial charge is 0.453 e. The zero-order valence-corrected chi connectivity index (χ0v) is 4.55. The summed E-state index contributed by atoms with van der Waals surface area (Å²) in [5.41, 5.74) is 9.87. The van der Waals surface area contributed by atoms with Crippen molar-refractivity contribution in [3.8, 4) is 0 Å². The van der Waals surface area contributed by atoms with E-state index in [9.17, 15) is 4.79 Å². The first kappa shape index (κ1) is 7.19. The number of carbonyl (C=O) groups is 1. The minimum atomic E-state index is -0.845. The van der Waals surface area contributed by atoms with Gasteiger partial charge in [-0.15, -0.1) is 0 Å². The van der Waals surface area contributed by atoms with Crippen LogP contribution in [-0.2, 0) is 4.74 Å². The van der Waals surface area contributed by atoms with Crippen LogP contribution in [0, 0.1) is 0 Å². The number of nitrogens with two attached hydrogens (primary N) is 2. The summed E-state index contributed by atoms with van der Waals surface area (Å²) in [6, 6.07) is 0. The third-order valence-corrected chi connectivity index (χ3v) is 0.470. The lowest BCUT2D eigenvalue weighted by atomic mass is 10.9. The lowest BCUT2D eigenvalue weighted by Crippen LogP contribution is -2.48. The number of hydrogen-bond acceptors (Lipinski definition) is 4. The fourth-order valence-electron chi connectivity index (χ4n) is 0.195. The first-order valence-electron chi connectivity index (χ1n) is 2.02. The van der Waals surface area contributed by atoms with Gasteiger partial charge in [0.2, 0.25) is 0 Å². The van der Waals surface area contributed by atoms with Gasteiger partial charge in [0.1, 0.15) is 6.29 Å². The van der Waals surface area contributed by atoms with Crippen molar-refractivity contribution in [3.63, 3.8) is 0 Å². The first-order chi connectivity index (χ1) is 3.66. The van der Waals surface area contributed by atoms with Crippen LogP contribution in [0.2, 0.25) is 0 Å². The molecule has 5 nitrogen and oxygen atoms in total. The molecule has 0 saturated carbocycles. The van der Waals surface area contributed by atoms with E-state index in [1.165, 1.54) is 7.11 Å². The maximum absolute atomic E-state index is 10.1. The third-order valence-electron chi connectivity index (χ3n) is 0.470. The van der Waals surface area contributed by atoms with E-state index in [1.54, 1.807) is 0 Å². The summed E-state index contributed by atoms with van der Waals surface area (Å²) in [5.74, 6) is 0. The zero-order valence-electron chi connectivity index (χ0n) is 4.55. The number of alkyl carbamates (subject to hydrolysis) is 1. The van der Waals surface area contributed by atoms with Crippen molar-refractivity contribution < 1.29 is 9.53 Å². The summed E-state index contributed by atoms with van der Waals surface area (Å²) >= 11 is 0. The number of methoxy groups -OCH3 is 1. The van der Waals surface area contributed by atoms with E-state index >= 15 is 0 Å². The van der Waals surface area contributed by atoms with Gasteiger partial charge in [-0.05, 0) is 0 Å². The molecule has 0 aliphatic rings. The van der Waals surface area contributed by atoms with Gasteiger partial charge in [-0.3, -0.25) is 16.8 Å². The molecule has 8 heavy (non-hydrogen) atoms. The van der Waals surface area contributed by atoms with Gasteiger partial charge in [-0.25, -0.2) is 4.79 Å². The number of rotatable bonds is 1. The summed E-state index contributed by atoms with van der Waals surface area (Å²) in [4.78, 5) is 10.1. The molecule has 0 bridgehead atoms. The molecule has 5 N–H and O–H groups in total. The number of nitrogens with one attached hydrogen (secondary N) is 1. The molecule has 0 atom stereocenters. The second kappa shape index (κ2) is 3.23. The first-order valence-corrected chi connectivity index (χ1v) is 2.02. The van der Waals surface area contributed by atoms with Crippen molar-refractivity contribution in [2.24, 2.45) is 11.5 Å². The van der Waals surface area contributed by atoms with Crippen LogP contribution >= 0.6 is 0 Å². The van der Waals surface area contributed by atoms with Gasteiger partial charge in [0.25, 0.3) is 0 Å². The van der Waals surface area contributed by atoms with Crippen LogP contribution < -0.4 is 16.8 Å². The molecule has 0 saturated heterocycles. The van der Waals surface area contributed by atoms with Crippen LogP contribution in [0.5, 0.6) is 0 Å². The average molecular weight is 119 g/mol. The average Bonchev–Trinajstić information content (AvgIpc) is 1.65. The van der Waals surface area contributed by atoms with Gasteiger partial charge in [0, 0.05) is 0 Å². The summed E-state index contributed by atoms with van der Waals surface area (Å²) in [6.07, 6.45) is -1.47. The minimum Gasteiger partial charge on any atom is -0.453 e. The van der Waals surface area contributed by atoms with Crippen molar-refractivity contribution in [1.82, 2.24) is 5.32 Å². The Hall–Kier alpha value is -0.810. The molecule has 1 amide bonds. The summed E-state index contributed by atoms with van der Waals surface area (Å²) in [7, 11) is 1.23. The number of amides is 1. The molecule has 0 aromatic rings. The molecule has 0 radical (unpaired) electrons. The molecule has 48 valence electrons. The van der Waals surface area contributed by atoms with Crippen LogP contribution in [0.1, 0.15) is 0 Å². The molecule has 0 aliphatic carbocycles. The summed E-state index contributed by atoms with van der Waals surface area (Å²) in [5, 5.41) is 2.09. The van der Waals surface area contributed by atoms with E-state index in [0.717, 1.165) is 0 Å². The van der Waals surface area contributed by atoms with E-state index in [-0.39, 0.29) is 0 Å². The minimum absolute atomic E-state index is 0.625. The molecule has 0 spiro atoms. The van der Waals surface area contributed by atoms with E-state index in [1.807, 2.05) is 0 Å². The predicted octanol–water partition coefficient (Wildman–Crippen LogP) is -1.46. The smallest absolute Gasteiger partial charge is 0.409 e. The van der Waals surface area contributed by atoms with Crippen LogP contribution in [0.4, 0.5) is 4.79 Å². The van der Waals surface area contributed by atoms with Gasteiger partial charge in [0.05, 0.1) is 7.11 Å². The quantitative estimate of drug-likeness (QED) is 0.368. The number of ether oxygens (including phenoxy) is 1. The normalized spacial score (nSPS) is 9.00. The Kier molecular flexibility index (Phi) is 2.90. The van der Waals surface area contributed by atoms with Gasteiger partial charge >= 0.3 is 6.09 Å². The van der Waals surface area contributed by atoms with Gasteiger partial charge in [-0.2, -0.15) is 0 Å². The van der Waals surface area contributed by atoms with E-state index in [4.69, 9.17) is 11.5 Å². The van der Waals surface area contributed by atoms with Crippen molar-refractivity contribution in [3.05, 3.63) is 0 Å². The number of carbonyl (C=O) groups excluding carboxylic acids is 1. The second-order valence-electron chi connectivity index (χ2n) is 1.16. The molecule has 0 fully saturated rings. The maximum atomic E-state index is 10.1. The molecule has 0 aromatic carbocycles. The lowest BCUT2D eigenvalue weighted by molar-refractivity contribution is 0.167. The SMILES string of the molecule is COC(=O)NC(N)N. The molecule has 0 unspecified atom stereocenters. The van der Waals surface area contributed by atoms with E-state index < -0.39 is 12.4 Å². The Morgan fingerprint density at radius 3 is 2.38 bits per heavy atom. The molecular formula is C3H9N3O2. The Morgan fingerprint density at radius 1 is 1.75 bits per heavy atom. The van der Waals surface area contributed by atoms with Gasteiger partial charge in [0.15, 0.2) is 0 Å². The Labute approximate surface area is 47.0 Å². The molecule has 0 aromatic heterocycles. The summed E-state index contributed by atoms with van der Waals surface area (Å²) < 4.78 is 4.15. The molecule has 0 heterocycles. The zero-order chi connectivity index (χ0) is 6.57. The summed E-state index contributed by atoms with van der Waals surface area (Å²) in [6.45, 7) is 0. The fourth-order valence-corrected chi connectivity index (χ4v) is 0.195. The highest BCUT2D eigenvalue weighted by molar-refractivity contribution is 5.67. The predicted molar refractivity (Wildman–Crippen MR) is 27.7 cm³/mol.